The maximum Gasteiger partial charge on any atom is 0.333 e. The molecule has 0 saturated carbocycles. The van der Waals surface area contributed by atoms with E-state index in [0.717, 1.165) is 16.9 Å². The van der Waals surface area contributed by atoms with Crippen molar-refractivity contribution in [3.63, 3.8) is 0 Å². The van der Waals surface area contributed by atoms with Crippen LogP contribution in [0, 0.1) is 0 Å². The maximum absolute atomic E-state index is 11.6. The molecule has 0 N–H and O–H groups in total. The van der Waals surface area contributed by atoms with Gasteiger partial charge < -0.3 is 9.47 Å². The standard InChI is InChI=1S/C19H20O3/c1-3-21-19(20)15(2)12-17-10-7-11-18(13-17)22-14-16-8-5-4-6-9-16/h4-13H,3,14H2,1-2H3/b15-12+. The van der Waals surface area contributed by atoms with Crippen molar-refractivity contribution >= 4 is 12.0 Å². The van der Waals surface area contributed by atoms with Gasteiger partial charge >= 0.3 is 5.97 Å². The molecule has 2 aromatic rings. The minimum absolute atomic E-state index is 0.293. The first-order chi connectivity index (χ1) is 10.7. The maximum atomic E-state index is 11.6. The molecule has 0 aromatic heterocycles. The number of esters is 1. The zero-order valence-electron chi connectivity index (χ0n) is 12.9. The number of carbonyl (C=O) groups is 1. The van der Waals surface area contributed by atoms with Gasteiger partial charge in [-0.2, -0.15) is 0 Å². The van der Waals surface area contributed by atoms with Crippen molar-refractivity contribution in [3.8, 4) is 5.75 Å². The number of hydrogen-bond donors (Lipinski definition) is 0. The summed E-state index contributed by atoms with van der Waals surface area (Å²) in [5, 5.41) is 0. The Morgan fingerprint density at radius 2 is 1.86 bits per heavy atom. The van der Waals surface area contributed by atoms with Crippen LogP contribution in [0.3, 0.4) is 0 Å². The van der Waals surface area contributed by atoms with Crippen LogP contribution < -0.4 is 4.74 Å². The topological polar surface area (TPSA) is 35.5 Å². The number of hydrogen-bond acceptors (Lipinski definition) is 3. The summed E-state index contributed by atoms with van der Waals surface area (Å²) in [5.74, 6) is 0.479. The summed E-state index contributed by atoms with van der Waals surface area (Å²) in [7, 11) is 0. The summed E-state index contributed by atoms with van der Waals surface area (Å²) < 4.78 is 10.7. The molecule has 2 aromatic carbocycles. The first-order valence-corrected chi connectivity index (χ1v) is 7.31. The predicted octanol–water partition coefficient (Wildman–Crippen LogP) is 4.23. The van der Waals surface area contributed by atoms with E-state index < -0.39 is 0 Å². The second-order valence-corrected chi connectivity index (χ2v) is 4.89. The highest BCUT2D eigenvalue weighted by atomic mass is 16.5. The largest absolute Gasteiger partial charge is 0.489 e. The van der Waals surface area contributed by atoms with Gasteiger partial charge in [-0.15, -0.1) is 0 Å². The third kappa shape index (κ3) is 4.77. The molecule has 0 aliphatic carbocycles. The number of ether oxygens (including phenoxy) is 2. The van der Waals surface area contributed by atoms with E-state index >= 15 is 0 Å². The second kappa shape index (κ2) is 8.03. The van der Waals surface area contributed by atoms with Crippen molar-refractivity contribution in [1.82, 2.24) is 0 Å². The van der Waals surface area contributed by atoms with Gasteiger partial charge in [-0.3, -0.25) is 0 Å². The first kappa shape index (κ1) is 15.8. The lowest BCUT2D eigenvalue weighted by Gasteiger charge is -2.07. The molecular formula is C19H20O3. The van der Waals surface area contributed by atoms with E-state index in [2.05, 4.69) is 0 Å². The van der Waals surface area contributed by atoms with E-state index in [0.29, 0.717) is 18.8 Å². The third-order valence-electron chi connectivity index (χ3n) is 3.09. The minimum atomic E-state index is -0.293. The fourth-order valence-electron chi connectivity index (χ4n) is 1.99. The van der Waals surface area contributed by atoms with Gasteiger partial charge in [0.1, 0.15) is 12.4 Å². The van der Waals surface area contributed by atoms with Crippen LogP contribution in [0.5, 0.6) is 5.75 Å². The van der Waals surface area contributed by atoms with Crippen molar-refractivity contribution in [1.29, 1.82) is 0 Å². The normalized spacial score (nSPS) is 11.1. The summed E-state index contributed by atoms with van der Waals surface area (Å²) in [6, 6.07) is 17.6. The first-order valence-electron chi connectivity index (χ1n) is 7.31. The lowest BCUT2D eigenvalue weighted by Crippen LogP contribution is -2.04. The van der Waals surface area contributed by atoms with Crippen LogP contribution in [0.2, 0.25) is 0 Å². The smallest absolute Gasteiger partial charge is 0.333 e. The molecule has 3 heteroatoms. The van der Waals surface area contributed by atoms with Gasteiger partial charge in [-0.1, -0.05) is 42.5 Å². The van der Waals surface area contributed by atoms with Gasteiger partial charge in [-0.25, -0.2) is 4.79 Å². The van der Waals surface area contributed by atoms with E-state index in [1.807, 2.05) is 54.6 Å². The van der Waals surface area contributed by atoms with Crippen molar-refractivity contribution in [2.75, 3.05) is 6.61 Å². The van der Waals surface area contributed by atoms with Crippen molar-refractivity contribution in [2.24, 2.45) is 0 Å². The van der Waals surface area contributed by atoms with Crippen LogP contribution in [-0.2, 0) is 16.1 Å². The lowest BCUT2D eigenvalue weighted by atomic mass is 10.1. The molecule has 0 bridgehead atoms. The predicted molar refractivity (Wildman–Crippen MR) is 87.5 cm³/mol. The Morgan fingerprint density at radius 1 is 1.09 bits per heavy atom. The molecule has 22 heavy (non-hydrogen) atoms. The number of benzene rings is 2. The highest BCUT2D eigenvalue weighted by molar-refractivity contribution is 5.93. The lowest BCUT2D eigenvalue weighted by molar-refractivity contribution is -0.138. The molecular weight excluding hydrogens is 276 g/mol. The number of carbonyl (C=O) groups excluding carboxylic acids is 1. The quantitative estimate of drug-likeness (QED) is 0.591. The third-order valence-corrected chi connectivity index (χ3v) is 3.09. The van der Waals surface area contributed by atoms with E-state index in [1.54, 1.807) is 19.9 Å². The Hall–Kier alpha value is -2.55. The van der Waals surface area contributed by atoms with Gasteiger partial charge in [-0.05, 0) is 43.2 Å². The average molecular weight is 296 g/mol. The Balaban J connectivity index is 2.03. The molecule has 0 atom stereocenters. The molecule has 0 radical (unpaired) electrons. The van der Waals surface area contributed by atoms with E-state index in [4.69, 9.17) is 9.47 Å². The van der Waals surface area contributed by atoms with Crippen LogP contribution in [-0.4, -0.2) is 12.6 Å². The minimum Gasteiger partial charge on any atom is -0.489 e. The number of rotatable bonds is 6. The SMILES string of the molecule is CCOC(=O)/C(C)=C/c1cccc(OCc2ccccc2)c1. The van der Waals surface area contributed by atoms with Crippen molar-refractivity contribution < 1.29 is 14.3 Å². The molecule has 2 rings (SSSR count). The summed E-state index contributed by atoms with van der Waals surface area (Å²) in [4.78, 5) is 11.6. The van der Waals surface area contributed by atoms with Crippen molar-refractivity contribution in [3.05, 3.63) is 71.3 Å². The van der Waals surface area contributed by atoms with Crippen LogP contribution in [0.1, 0.15) is 25.0 Å². The molecule has 3 nitrogen and oxygen atoms in total. The Morgan fingerprint density at radius 3 is 2.59 bits per heavy atom. The molecule has 0 unspecified atom stereocenters. The molecule has 0 saturated heterocycles. The Labute approximate surface area is 131 Å². The van der Waals surface area contributed by atoms with Gasteiger partial charge in [0.05, 0.1) is 6.61 Å². The molecule has 0 spiro atoms. The summed E-state index contributed by atoms with van der Waals surface area (Å²) in [6.45, 7) is 4.44. The van der Waals surface area contributed by atoms with Crippen LogP contribution in [0.25, 0.3) is 6.08 Å². The Bertz CT molecular complexity index is 645. The van der Waals surface area contributed by atoms with Crippen LogP contribution in [0.15, 0.2) is 60.2 Å². The van der Waals surface area contributed by atoms with Crippen LogP contribution in [0.4, 0.5) is 0 Å². The van der Waals surface area contributed by atoms with E-state index in [1.165, 1.54) is 0 Å². The van der Waals surface area contributed by atoms with Gasteiger partial charge in [0.15, 0.2) is 0 Å². The molecule has 0 aliphatic rings. The fraction of sp³-hybridized carbons (Fsp3) is 0.211. The highest BCUT2D eigenvalue weighted by Gasteiger charge is 2.04. The fourth-order valence-corrected chi connectivity index (χ4v) is 1.99. The molecule has 0 heterocycles. The monoisotopic (exact) mass is 296 g/mol. The summed E-state index contributed by atoms with van der Waals surface area (Å²) in [6.07, 6.45) is 1.80. The van der Waals surface area contributed by atoms with Crippen molar-refractivity contribution in [2.45, 2.75) is 20.5 Å². The summed E-state index contributed by atoms with van der Waals surface area (Å²) >= 11 is 0. The molecule has 114 valence electrons. The van der Waals surface area contributed by atoms with E-state index in [9.17, 15) is 4.79 Å². The molecule has 0 aliphatic heterocycles. The van der Waals surface area contributed by atoms with Crippen LogP contribution >= 0.6 is 0 Å². The van der Waals surface area contributed by atoms with Gasteiger partial charge in [0.25, 0.3) is 0 Å². The second-order valence-electron chi connectivity index (χ2n) is 4.89. The summed E-state index contributed by atoms with van der Waals surface area (Å²) in [5.41, 5.74) is 2.60. The van der Waals surface area contributed by atoms with Gasteiger partial charge in [0, 0.05) is 5.57 Å². The zero-order chi connectivity index (χ0) is 15.8. The average Bonchev–Trinajstić information content (AvgIpc) is 2.54. The zero-order valence-corrected chi connectivity index (χ0v) is 12.9. The molecule has 0 fully saturated rings. The van der Waals surface area contributed by atoms with E-state index in [-0.39, 0.29) is 5.97 Å². The van der Waals surface area contributed by atoms with Gasteiger partial charge in [0.2, 0.25) is 0 Å². The molecule has 0 amide bonds. The highest BCUT2D eigenvalue weighted by Crippen LogP contribution is 2.17. The Kier molecular flexibility index (Phi) is 5.78.